The Hall–Kier alpha value is -2.31. The van der Waals surface area contributed by atoms with Gasteiger partial charge in [0.1, 0.15) is 0 Å². The van der Waals surface area contributed by atoms with Crippen molar-refractivity contribution >= 4 is 5.97 Å². The monoisotopic (exact) mass is 275 g/mol. The number of aryl methyl sites for hydroxylation is 1. The molecule has 2 aromatic heterocycles. The SMILES string of the molecule is CCCC(CC(=O)O)n1nnnc1-c1cccnc1C. The second kappa shape index (κ2) is 6.23. The summed E-state index contributed by atoms with van der Waals surface area (Å²) in [4.78, 5) is 15.2. The fraction of sp³-hybridized carbons (Fsp3) is 0.462. The van der Waals surface area contributed by atoms with Crippen LogP contribution in [0, 0.1) is 6.92 Å². The molecule has 0 saturated heterocycles. The molecule has 0 aliphatic carbocycles. The average molecular weight is 275 g/mol. The van der Waals surface area contributed by atoms with Gasteiger partial charge in [0.05, 0.1) is 12.5 Å². The Balaban J connectivity index is 2.40. The quantitative estimate of drug-likeness (QED) is 0.864. The first-order chi connectivity index (χ1) is 9.63. The van der Waals surface area contributed by atoms with E-state index in [-0.39, 0.29) is 12.5 Å². The number of aromatic nitrogens is 5. The number of pyridine rings is 1. The summed E-state index contributed by atoms with van der Waals surface area (Å²) in [5.74, 6) is -0.289. The molecule has 1 N–H and O–H groups in total. The number of rotatable bonds is 6. The van der Waals surface area contributed by atoms with Crippen LogP contribution < -0.4 is 0 Å². The van der Waals surface area contributed by atoms with E-state index >= 15 is 0 Å². The van der Waals surface area contributed by atoms with Gasteiger partial charge >= 0.3 is 5.97 Å². The van der Waals surface area contributed by atoms with Crippen molar-refractivity contribution in [3.63, 3.8) is 0 Å². The highest BCUT2D eigenvalue weighted by atomic mass is 16.4. The summed E-state index contributed by atoms with van der Waals surface area (Å²) < 4.78 is 1.60. The summed E-state index contributed by atoms with van der Waals surface area (Å²) in [5, 5.41) is 20.7. The smallest absolute Gasteiger partial charge is 0.305 e. The van der Waals surface area contributed by atoms with Crippen molar-refractivity contribution in [3.05, 3.63) is 24.0 Å². The second-order valence-electron chi connectivity index (χ2n) is 4.62. The van der Waals surface area contributed by atoms with Crippen molar-refractivity contribution in [2.75, 3.05) is 0 Å². The minimum atomic E-state index is -0.854. The molecule has 0 aliphatic rings. The Morgan fingerprint density at radius 1 is 1.50 bits per heavy atom. The summed E-state index contributed by atoms with van der Waals surface area (Å²) in [7, 11) is 0. The average Bonchev–Trinajstić information content (AvgIpc) is 2.87. The van der Waals surface area contributed by atoms with Gasteiger partial charge in [0.25, 0.3) is 0 Å². The Kier molecular flexibility index (Phi) is 4.39. The normalized spacial score (nSPS) is 12.3. The van der Waals surface area contributed by atoms with Crippen LogP contribution in [0.5, 0.6) is 0 Å². The number of tetrazole rings is 1. The summed E-state index contributed by atoms with van der Waals surface area (Å²) in [6, 6.07) is 3.45. The van der Waals surface area contributed by atoms with Gasteiger partial charge in [-0.05, 0) is 35.9 Å². The molecule has 2 aromatic rings. The van der Waals surface area contributed by atoms with Crippen molar-refractivity contribution in [1.82, 2.24) is 25.2 Å². The van der Waals surface area contributed by atoms with E-state index in [0.29, 0.717) is 12.2 Å². The number of nitrogens with zero attached hydrogens (tertiary/aromatic N) is 5. The predicted octanol–water partition coefficient (Wildman–Crippen LogP) is 1.86. The molecule has 106 valence electrons. The number of hydrogen-bond donors (Lipinski definition) is 1. The van der Waals surface area contributed by atoms with Crippen LogP contribution in [0.4, 0.5) is 0 Å². The fourth-order valence-corrected chi connectivity index (χ4v) is 2.18. The molecule has 0 amide bonds. The molecule has 20 heavy (non-hydrogen) atoms. The predicted molar refractivity (Wildman–Crippen MR) is 72.0 cm³/mol. The molecule has 7 nitrogen and oxygen atoms in total. The van der Waals surface area contributed by atoms with Crippen LogP contribution >= 0.6 is 0 Å². The van der Waals surface area contributed by atoms with Crippen LogP contribution in [0.25, 0.3) is 11.4 Å². The number of aliphatic carboxylic acids is 1. The van der Waals surface area contributed by atoms with E-state index in [1.807, 2.05) is 26.0 Å². The Morgan fingerprint density at radius 2 is 2.30 bits per heavy atom. The zero-order chi connectivity index (χ0) is 14.5. The van der Waals surface area contributed by atoms with E-state index in [9.17, 15) is 4.79 Å². The first kappa shape index (κ1) is 14.1. The third kappa shape index (κ3) is 2.98. The summed E-state index contributed by atoms with van der Waals surface area (Å²) in [5.41, 5.74) is 1.64. The number of carboxylic acids is 1. The first-order valence-electron chi connectivity index (χ1n) is 6.55. The van der Waals surface area contributed by atoms with Gasteiger partial charge in [0, 0.05) is 17.5 Å². The van der Waals surface area contributed by atoms with E-state index in [0.717, 1.165) is 17.7 Å². The number of carbonyl (C=O) groups is 1. The van der Waals surface area contributed by atoms with E-state index < -0.39 is 5.97 Å². The maximum absolute atomic E-state index is 11.0. The highest BCUT2D eigenvalue weighted by molar-refractivity contribution is 5.67. The van der Waals surface area contributed by atoms with E-state index in [4.69, 9.17) is 5.11 Å². The lowest BCUT2D eigenvalue weighted by molar-refractivity contribution is -0.138. The van der Waals surface area contributed by atoms with Crippen molar-refractivity contribution in [3.8, 4) is 11.4 Å². The minimum Gasteiger partial charge on any atom is -0.481 e. The van der Waals surface area contributed by atoms with Gasteiger partial charge in [-0.1, -0.05) is 13.3 Å². The summed E-state index contributed by atoms with van der Waals surface area (Å²) in [6.45, 7) is 3.88. The first-order valence-corrected chi connectivity index (χ1v) is 6.55. The molecule has 0 aromatic carbocycles. The second-order valence-corrected chi connectivity index (χ2v) is 4.62. The standard InChI is InChI=1S/C13H17N5O2/c1-3-5-10(8-12(19)20)18-13(15-16-17-18)11-6-4-7-14-9(11)2/h4,6-7,10H,3,5,8H2,1-2H3,(H,19,20). The van der Waals surface area contributed by atoms with Crippen molar-refractivity contribution in [2.24, 2.45) is 0 Å². The lowest BCUT2D eigenvalue weighted by Gasteiger charge is -2.16. The molecule has 2 rings (SSSR count). The molecule has 0 spiro atoms. The van der Waals surface area contributed by atoms with Gasteiger partial charge in [-0.2, -0.15) is 0 Å². The van der Waals surface area contributed by atoms with Gasteiger partial charge in [0.2, 0.25) is 0 Å². The van der Waals surface area contributed by atoms with Gasteiger partial charge in [-0.25, -0.2) is 4.68 Å². The third-order valence-corrected chi connectivity index (χ3v) is 3.12. The highest BCUT2D eigenvalue weighted by Crippen LogP contribution is 2.25. The Labute approximate surface area is 116 Å². The van der Waals surface area contributed by atoms with Crippen LogP contribution in [0.1, 0.15) is 37.9 Å². The van der Waals surface area contributed by atoms with E-state index in [2.05, 4.69) is 20.5 Å². The van der Waals surface area contributed by atoms with Crippen molar-refractivity contribution < 1.29 is 9.90 Å². The fourth-order valence-electron chi connectivity index (χ4n) is 2.18. The van der Waals surface area contributed by atoms with Crippen LogP contribution in [-0.4, -0.2) is 36.3 Å². The Morgan fingerprint density at radius 3 is 2.95 bits per heavy atom. The Bertz CT molecular complexity index is 596. The topological polar surface area (TPSA) is 93.8 Å². The lowest BCUT2D eigenvalue weighted by Crippen LogP contribution is -2.16. The van der Waals surface area contributed by atoms with Crippen LogP contribution in [-0.2, 0) is 4.79 Å². The molecule has 0 aliphatic heterocycles. The summed E-state index contributed by atoms with van der Waals surface area (Å²) in [6.07, 6.45) is 3.28. The molecular formula is C13H17N5O2. The molecule has 7 heteroatoms. The lowest BCUT2D eigenvalue weighted by atomic mass is 10.1. The molecule has 2 heterocycles. The number of hydrogen-bond acceptors (Lipinski definition) is 5. The van der Waals surface area contributed by atoms with Crippen LogP contribution in [0.3, 0.4) is 0 Å². The molecule has 0 saturated carbocycles. The van der Waals surface area contributed by atoms with Crippen molar-refractivity contribution in [1.29, 1.82) is 0 Å². The number of carboxylic acid groups (broad SMARTS) is 1. The molecule has 1 atom stereocenters. The minimum absolute atomic E-state index is 0.00515. The molecule has 0 bridgehead atoms. The van der Waals surface area contributed by atoms with Gasteiger partial charge in [-0.15, -0.1) is 5.10 Å². The molecule has 0 fully saturated rings. The van der Waals surface area contributed by atoms with Gasteiger partial charge in [0.15, 0.2) is 5.82 Å². The largest absolute Gasteiger partial charge is 0.481 e. The van der Waals surface area contributed by atoms with E-state index in [1.54, 1.807) is 10.9 Å². The van der Waals surface area contributed by atoms with Gasteiger partial charge in [-0.3, -0.25) is 9.78 Å². The zero-order valence-corrected chi connectivity index (χ0v) is 11.5. The molecule has 0 radical (unpaired) electrons. The highest BCUT2D eigenvalue weighted by Gasteiger charge is 2.21. The maximum Gasteiger partial charge on any atom is 0.305 e. The molecule has 1 unspecified atom stereocenters. The van der Waals surface area contributed by atoms with E-state index in [1.165, 1.54) is 0 Å². The van der Waals surface area contributed by atoms with Crippen molar-refractivity contribution in [2.45, 2.75) is 39.2 Å². The molecular weight excluding hydrogens is 258 g/mol. The van der Waals surface area contributed by atoms with Crippen LogP contribution in [0.15, 0.2) is 18.3 Å². The van der Waals surface area contributed by atoms with Gasteiger partial charge < -0.3 is 5.11 Å². The third-order valence-electron chi connectivity index (χ3n) is 3.12. The zero-order valence-electron chi connectivity index (χ0n) is 11.5. The summed E-state index contributed by atoms with van der Waals surface area (Å²) >= 11 is 0. The maximum atomic E-state index is 11.0. The van der Waals surface area contributed by atoms with Crippen LogP contribution in [0.2, 0.25) is 0 Å².